The zero-order chi connectivity index (χ0) is 18.0. The van der Waals surface area contributed by atoms with Crippen molar-refractivity contribution in [2.24, 2.45) is 0 Å². The summed E-state index contributed by atoms with van der Waals surface area (Å²) in [6.45, 7) is 2.03. The zero-order valence-electron chi connectivity index (χ0n) is 14.6. The Hall–Kier alpha value is -3.08. The standard InChI is InChI=1S/C20H21N3O2/c1-4-13-9-10-14(23(2)3)11-18(13)22-20(25)16-12-21-17-8-6-5-7-15(17)19(16)24/h5-12H,4H2,1-3H3,(H,21,24)(H,22,25). The van der Waals surface area contributed by atoms with Gasteiger partial charge in [-0.1, -0.05) is 25.1 Å². The van der Waals surface area contributed by atoms with E-state index >= 15 is 0 Å². The van der Waals surface area contributed by atoms with E-state index < -0.39 is 5.91 Å². The van der Waals surface area contributed by atoms with Crippen LogP contribution < -0.4 is 15.6 Å². The SMILES string of the molecule is CCc1ccc(N(C)C)cc1NC(=O)c1c[nH]c2ccccc2c1=O. The zero-order valence-corrected chi connectivity index (χ0v) is 14.6. The van der Waals surface area contributed by atoms with E-state index in [0.29, 0.717) is 10.9 Å². The molecule has 0 atom stereocenters. The molecule has 0 fully saturated rings. The third-order valence-electron chi connectivity index (χ3n) is 4.27. The minimum absolute atomic E-state index is 0.107. The molecular formula is C20H21N3O2. The third kappa shape index (κ3) is 3.26. The fourth-order valence-electron chi connectivity index (χ4n) is 2.79. The van der Waals surface area contributed by atoms with Crippen molar-refractivity contribution in [1.82, 2.24) is 4.98 Å². The van der Waals surface area contributed by atoms with Crippen LogP contribution in [0.5, 0.6) is 0 Å². The topological polar surface area (TPSA) is 65.2 Å². The van der Waals surface area contributed by atoms with Crippen molar-refractivity contribution >= 4 is 28.2 Å². The molecule has 0 aliphatic carbocycles. The van der Waals surface area contributed by atoms with Crippen LogP contribution in [0.25, 0.3) is 10.9 Å². The molecule has 5 nitrogen and oxygen atoms in total. The van der Waals surface area contributed by atoms with Gasteiger partial charge in [0.2, 0.25) is 5.43 Å². The molecule has 0 spiro atoms. The van der Waals surface area contributed by atoms with E-state index in [4.69, 9.17) is 0 Å². The van der Waals surface area contributed by atoms with E-state index in [1.165, 1.54) is 6.20 Å². The van der Waals surface area contributed by atoms with E-state index in [9.17, 15) is 9.59 Å². The molecule has 3 aromatic rings. The van der Waals surface area contributed by atoms with Gasteiger partial charge in [0.05, 0.1) is 0 Å². The Bertz CT molecular complexity index is 990. The van der Waals surface area contributed by atoms with E-state index in [0.717, 1.165) is 23.4 Å². The Morgan fingerprint density at radius 3 is 2.64 bits per heavy atom. The lowest BCUT2D eigenvalue weighted by Gasteiger charge is -2.17. The second-order valence-electron chi connectivity index (χ2n) is 6.12. The van der Waals surface area contributed by atoms with Gasteiger partial charge in [0.25, 0.3) is 5.91 Å². The van der Waals surface area contributed by atoms with Crippen molar-refractivity contribution in [3.8, 4) is 0 Å². The average Bonchev–Trinajstić information content (AvgIpc) is 2.62. The summed E-state index contributed by atoms with van der Waals surface area (Å²) >= 11 is 0. The van der Waals surface area contributed by atoms with Gasteiger partial charge in [-0.2, -0.15) is 0 Å². The summed E-state index contributed by atoms with van der Waals surface area (Å²) in [6, 6.07) is 13.1. The number of aryl methyl sites for hydroxylation is 1. The van der Waals surface area contributed by atoms with Crippen molar-refractivity contribution in [3.63, 3.8) is 0 Å². The van der Waals surface area contributed by atoms with Crippen molar-refractivity contribution in [3.05, 3.63) is 70.0 Å². The number of anilines is 2. The molecule has 0 saturated heterocycles. The number of aromatic amines is 1. The lowest BCUT2D eigenvalue weighted by Crippen LogP contribution is -2.22. The predicted molar refractivity (Wildman–Crippen MR) is 103 cm³/mol. The molecule has 0 bridgehead atoms. The highest BCUT2D eigenvalue weighted by Crippen LogP contribution is 2.23. The maximum absolute atomic E-state index is 12.7. The highest BCUT2D eigenvalue weighted by atomic mass is 16.2. The molecule has 2 aromatic carbocycles. The maximum atomic E-state index is 12.7. The number of carbonyl (C=O) groups is 1. The Kier molecular flexibility index (Phi) is 4.57. The minimum Gasteiger partial charge on any atom is -0.378 e. The smallest absolute Gasteiger partial charge is 0.261 e. The minimum atomic E-state index is -0.405. The summed E-state index contributed by atoms with van der Waals surface area (Å²) in [6.07, 6.45) is 2.26. The van der Waals surface area contributed by atoms with Crippen molar-refractivity contribution < 1.29 is 4.79 Å². The lowest BCUT2D eigenvalue weighted by atomic mass is 10.1. The van der Waals surface area contributed by atoms with E-state index in [1.54, 1.807) is 12.1 Å². The average molecular weight is 335 g/mol. The van der Waals surface area contributed by atoms with Gasteiger partial charge in [-0.3, -0.25) is 9.59 Å². The van der Waals surface area contributed by atoms with E-state index in [-0.39, 0.29) is 11.0 Å². The van der Waals surface area contributed by atoms with Crippen LogP contribution in [0.2, 0.25) is 0 Å². The fourth-order valence-corrected chi connectivity index (χ4v) is 2.79. The number of para-hydroxylation sites is 1. The Morgan fingerprint density at radius 2 is 1.92 bits per heavy atom. The number of carbonyl (C=O) groups excluding carboxylic acids is 1. The first-order chi connectivity index (χ1) is 12.0. The largest absolute Gasteiger partial charge is 0.378 e. The first-order valence-corrected chi connectivity index (χ1v) is 8.23. The first kappa shape index (κ1) is 16.8. The number of aromatic nitrogens is 1. The van der Waals surface area contributed by atoms with Gasteiger partial charge in [-0.25, -0.2) is 0 Å². The maximum Gasteiger partial charge on any atom is 0.261 e. The molecule has 128 valence electrons. The molecule has 1 aromatic heterocycles. The van der Waals surface area contributed by atoms with E-state index in [1.807, 2.05) is 56.3 Å². The van der Waals surface area contributed by atoms with Gasteiger partial charge >= 0.3 is 0 Å². The van der Waals surface area contributed by atoms with Crippen molar-refractivity contribution in [2.75, 3.05) is 24.3 Å². The molecule has 0 unspecified atom stereocenters. The number of fused-ring (bicyclic) bond motifs is 1. The molecule has 1 heterocycles. The molecule has 0 aliphatic rings. The van der Waals surface area contributed by atoms with Gasteiger partial charge in [-0.15, -0.1) is 0 Å². The summed E-state index contributed by atoms with van der Waals surface area (Å²) < 4.78 is 0. The Balaban J connectivity index is 1.99. The molecule has 3 rings (SSSR count). The number of benzene rings is 2. The normalized spacial score (nSPS) is 10.7. The van der Waals surface area contributed by atoms with Crippen LogP contribution in [-0.2, 0) is 6.42 Å². The second-order valence-corrected chi connectivity index (χ2v) is 6.12. The highest BCUT2D eigenvalue weighted by Gasteiger charge is 2.15. The Morgan fingerprint density at radius 1 is 1.16 bits per heavy atom. The number of nitrogens with zero attached hydrogens (tertiary/aromatic N) is 1. The van der Waals surface area contributed by atoms with Crippen LogP contribution in [0.1, 0.15) is 22.8 Å². The molecule has 5 heteroatoms. The highest BCUT2D eigenvalue weighted by molar-refractivity contribution is 6.06. The number of amides is 1. The third-order valence-corrected chi connectivity index (χ3v) is 4.27. The molecule has 25 heavy (non-hydrogen) atoms. The van der Waals surface area contributed by atoms with Gasteiger partial charge in [-0.05, 0) is 36.2 Å². The number of hydrogen-bond donors (Lipinski definition) is 2. The van der Waals surface area contributed by atoms with Gasteiger partial charge < -0.3 is 15.2 Å². The Labute approximate surface area is 146 Å². The summed E-state index contributed by atoms with van der Waals surface area (Å²) in [5.41, 5.74) is 3.29. The molecular weight excluding hydrogens is 314 g/mol. The summed E-state index contributed by atoms with van der Waals surface area (Å²) in [4.78, 5) is 30.3. The van der Waals surface area contributed by atoms with Gasteiger partial charge in [0.1, 0.15) is 5.56 Å². The predicted octanol–water partition coefficient (Wildman–Crippen LogP) is 3.41. The van der Waals surface area contributed by atoms with Gasteiger partial charge in [0, 0.05) is 42.6 Å². The van der Waals surface area contributed by atoms with Crippen LogP contribution in [0.4, 0.5) is 11.4 Å². The van der Waals surface area contributed by atoms with Crippen LogP contribution in [-0.4, -0.2) is 25.0 Å². The quantitative estimate of drug-likeness (QED) is 0.768. The van der Waals surface area contributed by atoms with Crippen LogP contribution >= 0.6 is 0 Å². The number of pyridine rings is 1. The lowest BCUT2D eigenvalue weighted by molar-refractivity contribution is 0.102. The molecule has 0 saturated carbocycles. The number of H-pyrrole nitrogens is 1. The number of nitrogens with one attached hydrogen (secondary N) is 2. The van der Waals surface area contributed by atoms with Gasteiger partial charge in [0.15, 0.2) is 0 Å². The summed E-state index contributed by atoms with van der Waals surface area (Å²) in [5.74, 6) is -0.405. The molecule has 1 amide bonds. The monoisotopic (exact) mass is 335 g/mol. The summed E-state index contributed by atoms with van der Waals surface area (Å²) in [5, 5.41) is 3.40. The van der Waals surface area contributed by atoms with Crippen molar-refractivity contribution in [1.29, 1.82) is 0 Å². The van der Waals surface area contributed by atoms with Crippen LogP contribution in [0.3, 0.4) is 0 Å². The van der Waals surface area contributed by atoms with Crippen LogP contribution in [0.15, 0.2) is 53.5 Å². The van der Waals surface area contributed by atoms with Crippen molar-refractivity contribution in [2.45, 2.75) is 13.3 Å². The molecule has 2 N–H and O–H groups in total. The second kappa shape index (κ2) is 6.81. The van der Waals surface area contributed by atoms with Crippen LogP contribution in [0, 0.1) is 0 Å². The fraction of sp³-hybridized carbons (Fsp3) is 0.200. The molecule has 0 radical (unpaired) electrons. The van der Waals surface area contributed by atoms with E-state index in [2.05, 4.69) is 10.3 Å². The number of rotatable bonds is 4. The number of hydrogen-bond acceptors (Lipinski definition) is 3. The molecule has 0 aliphatic heterocycles. The summed E-state index contributed by atoms with van der Waals surface area (Å²) in [7, 11) is 3.89. The first-order valence-electron chi connectivity index (χ1n) is 8.23.